The predicted molar refractivity (Wildman–Crippen MR) is 175 cm³/mol. The van der Waals surface area contributed by atoms with E-state index < -0.39 is 30.3 Å². The summed E-state index contributed by atoms with van der Waals surface area (Å²) < 4.78 is 0. The highest BCUT2D eigenvalue weighted by Gasteiger charge is 2.41. The molecule has 2 heterocycles. The third-order valence-corrected chi connectivity index (χ3v) is 8.89. The van der Waals surface area contributed by atoms with E-state index in [-0.39, 0.29) is 11.9 Å². The van der Waals surface area contributed by atoms with Crippen molar-refractivity contribution in [1.82, 2.24) is 4.90 Å². The van der Waals surface area contributed by atoms with Crippen LogP contribution in [0.3, 0.4) is 0 Å². The number of benzene rings is 5. The smallest absolute Gasteiger partial charge is 0.261 e. The molecule has 5 aromatic rings. The van der Waals surface area contributed by atoms with Crippen molar-refractivity contribution in [3.8, 4) is 0 Å². The predicted octanol–water partition coefficient (Wildman–Crippen LogP) is 7.30. The molecule has 0 aliphatic carbocycles. The number of imide groups is 1. The van der Waals surface area contributed by atoms with E-state index in [1.54, 1.807) is 70.5 Å². The van der Waals surface area contributed by atoms with Crippen LogP contribution in [0.1, 0.15) is 56.0 Å². The van der Waals surface area contributed by atoms with E-state index in [0.29, 0.717) is 44.9 Å². The third-order valence-electron chi connectivity index (χ3n) is 8.63. The first kappa shape index (κ1) is 28.5. The number of hydrogen-bond donors (Lipinski definition) is 0. The molecular formula is C37H28ClN3O4. The SMILES string of the molecule is CC1CC(N(C(=O)CN2C(=O)c3cccc4cccc(c34)C2=O)c2ccc(Cl)cc2)c2ccccc2N1C(=O)c1ccccc1. The molecule has 0 bridgehead atoms. The molecular weight excluding hydrogens is 586 g/mol. The fourth-order valence-electron chi connectivity index (χ4n) is 6.59. The Hall–Kier alpha value is -5.27. The zero-order valence-electron chi connectivity index (χ0n) is 24.4. The van der Waals surface area contributed by atoms with Gasteiger partial charge < -0.3 is 9.80 Å². The Morgan fingerprint density at radius 2 is 1.40 bits per heavy atom. The molecule has 0 saturated heterocycles. The number of para-hydroxylation sites is 1. The van der Waals surface area contributed by atoms with Crippen LogP contribution in [0.4, 0.5) is 11.4 Å². The second-order valence-corrected chi connectivity index (χ2v) is 11.8. The molecule has 2 aliphatic rings. The van der Waals surface area contributed by atoms with Crippen molar-refractivity contribution in [3.05, 3.63) is 143 Å². The van der Waals surface area contributed by atoms with Crippen molar-refractivity contribution in [2.24, 2.45) is 0 Å². The van der Waals surface area contributed by atoms with Gasteiger partial charge in [-0.15, -0.1) is 0 Å². The summed E-state index contributed by atoms with van der Waals surface area (Å²) in [5.74, 6) is -1.58. The molecule has 0 saturated carbocycles. The molecule has 4 amide bonds. The summed E-state index contributed by atoms with van der Waals surface area (Å²) in [4.78, 5) is 60.1. The van der Waals surface area contributed by atoms with Crippen molar-refractivity contribution in [1.29, 1.82) is 0 Å². The lowest BCUT2D eigenvalue weighted by atomic mass is 9.89. The van der Waals surface area contributed by atoms with Gasteiger partial charge in [-0.25, -0.2) is 0 Å². The third kappa shape index (κ3) is 4.86. The van der Waals surface area contributed by atoms with E-state index in [0.717, 1.165) is 15.8 Å². The summed E-state index contributed by atoms with van der Waals surface area (Å²) in [7, 11) is 0. The molecule has 222 valence electrons. The van der Waals surface area contributed by atoms with Gasteiger partial charge in [-0.3, -0.25) is 24.1 Å². The largest absolute Gasteiger partial charge is 0.305 e. The molecule has 7 rings (SSSR count). The van der Waals surface area contributed by atoms with E-state index in [9.17, 15) is 19.2 Å². The number of hydrogen-bond acceptors (Lipinski definition) is 4. The van der Waals surface area contributed by atoms with Gasteiger partial charge in [0.05, 0.1) is 6.04 Å². The number of fused-ring (bicyclic) bond motifs is 1. The number of amides is 4. The number of carbonyl (C=O) groups is 4. The Labute approximate surface area is 265 Å². The topological polar surface area (TPSA) is 78.0 Å². The monoisotopic (exact) mass is 613 g/mol. The van der Waals surface area contributed by atoms with E-state index in [4.69, 9.17) is 11.6 Å². The Bertz CT molecular complexity index is 1940. The van der Waals surface area contributed by atoms with Crippen LogP contribution >= 0.6 is 11.6 Å². The van der Waals surface area contributed by atoms with Crippen molar-refractivity contribution in [2.75, 3.05) is 16.3 Å². The van der Waals surface area contributed by atoms with Crippen LogP contribution < -0.4 is 9.80 Å². The fraction of sp³-hybridized carbons (Fsp3) is 0.135. The summed E-state index contributed by atoms with van der Waals surface area (Å²) in [5, 5.41) is 1.91. The zero-order valence-corrected chi connectivity index (χ0v) is 25.1. The molecule has 5 aromatic carbocycles. The second kappa shape index (κ2) is 11.3. The molecule has 0 aromatic heterocycles. The summed E-state index contributed by atoms with van der Waals surface area (Å²) in [6.07, 6.45) is 0.425. The molecule has 0 spiro atoms. The van der Waals surface area contributed by atoms with Gasteiger partial charge in [-0.1, -0.05) is 72.3 Å². The van der Waals surface area contributed by atoms with Gasteiger partial charge in [0.25, 0.3) is 17.7 Å². The van der Waals surface area contributed by atoms with Gasteiger partial charge in [-0.2, -0.15) is 0 Å². The minimum Gasteiger partial charge on any atom is -0.305 e. The molecule has 8 heteroatoms. The average Bonchev–Trinajstić information content (AvgIpc) is 3.06. The van der Waals surface area contributed by atoms with Gasteiger partial charge >= 0.3 is 0 Å². The molecule has 45 heavy (non-hydrogen) atoms. The minimum atomic E-state index is -0.509. The molecule has 2 aliphatic heterocycles. The first-order valence-electron chi connectivity index (χ1n) is 14.8. The maximum Gasteiger partial charge on any atom is 0.261 e. The average molecular weight is 614 g/mol. The molecule has 2 atom stereocenters. The van der Waals surface area contributed by atoms with E-state index in [2.05, 4.69) is 0 Å². The van der Waals surface area contributed by atoms with Crippen LogP contribution in [0.5, 0.6) is 0 Å². The number of carbonyl (C=O) groups excluding carboxylic acids is 4. The van der Waals surface area contributed by atoms with E-state index in [1.165, 1.54) is 0 Å². The highest BCUT2D eigenvalue weighted by atomic mass is 35.5. The van der Waals surface area contributed by atoms with Crippen molar-refractivity contribution in [3.63, 3.8) is 0 Å². The molecule has 0 fully saturated rings. The maximum absolute atomic E-state index is 14.5. The van der Waals surface area contributed by atoms with Crippen LogP contribution in [0.25, 0.3) is 10.8 Å². The van der Waals surface area contributed by atoms with Crippen molar-refractivity contribution >= 4 is 57.4 Å². The molecule has 2 unspecified atom stereocenters. The summed E-state index contributed by atoms with van der Waals surface area (Å²) in [6.45, 7) is 1.51. The molecule has 0 N–H and O–H groups in total. The summed E-state index contributed by atoms with van der Waals surface area (Å²) in [6, 6.07) is 33.5. The van der Waals surface area contributed by atoms with Gasteiger partial charge in [0, 0.05) is 44.5 Å². The van der Waals surface area contributed by atoms with E-state index in [1.807, 2.05) is 61.5 Å². The Morgan fingerprint density at radius 3 is 2.07 bits per heavy atom. The van der Waals surface area contributed by atoms with Gasteiger partial charge in [0.15, 0.2) is 0 Å². The van der Waals surface area contributed by atoms with Crippen molar-refractivity contribution in [2.45, 2.75) is 25.4 Å². The highest BCUT2D eigenvalue weighted by molar-refractivity contribution is 6.30. The number of anilines is 2. The normalized spacial score (nSPS) is 17.3. The van der Waals surface area contributed by atoms with Gasteiger partial charge in [-0.05, 0) is 78.9 Å². The minimum absolute atomic E-state index is 0.129. The second-order valence-electron chi connectivity index (χ2n) is 11.3. The van der Waals surface area contributed by atoms with Crippen LogP contribution in [0.15, 0.2) is 115 Å². The highest BCUT2D eigenvalue weighted by Crippen LogP contribution is 2.43. The van der Waals surface area contributed by atoms with Crippen LogP contribution in [0.2, 0.25) is 5.02 Å². The van der Waals surface area contributed by atoms with Crippen LogP contribution in [-0.4, -0.2) is 41.1 Å². The Balaban J connectivity index is 1.28. The number of nitrogens with zero attached hydrogens (tertiary/aromatic N) is 3. The van der Waals surface area contributed by atoms with Crippen LogP contribution in [0, 0.1) is 0 Å². The summed E-state index contributed by atoms with van der Waals surface area (Å²) in [5.41, 5.74) is 3.40. The van der Waals surface area contributed by atoms with Crippen LogP contribution in [-0.2, 0) is 4.79 Å². The molecule has 7 nitrogen and oxygen atoms in total. The maximum atomic E-state index is 14.5. The van der Waals surface area contributed by atoms with Gasteiger partial charge in [0.1, 0.15) is 6.54 Å². The molecule has 0 radical (unpaired) electrons. The first-order valence-corrected chi connectivity index (χ1v) is 15.1. The van der Waals surface area contributed by atoms with E-state index >= 15 is 0 Å². The first-order chi connectivity index (χ1) is 21.8. The standard InChI is InChI=1S/C37H28ClN3O4/c1-23-21-32(28-13-5-6-16-31(28)40(23)35(43)25-9-3-2-4-10-25)41(27-19-17-26(38)18-20-27)33(42)22-39-36(44)29-14-7-11-24-12-8-15-30(34(24)29)37(39)45/h2-20,23,32H,21-22H2,1H3. The fourth-order valence-corrected chi connectivity index (χ4v) is 6.72. The lowest BCUT2D eigenvalue weighted by molar-refractivity contribution is -0.119. The number of rotatable bonds is 5. The summed E-state index contributed by atoms with van der Waals surface area (Å²) >= 11 is 6.23. The lowest BCUT2D eigenvalue weighted by Crippen LogP contribution is -2.51. The zero-order chi connectivity index (χ0) is 31.2. The lowest BCUT2D eigenvalue weighted by Gasteiger charge is -2.44. The number of halogens is 1. The Kier molecular flexibility index (Phi) is 7.18. The van der Waals surface area contributed by atoms with Gasteiger partial charge in [0.2, 0.25) is 5.91 Å². The Morgan fingerprint density at radius 1 is 0.778 bits per heavy atom. The quantitative estimate of drug-likeness (QED) is 0.195. The van der Waals surface area contributed by atoms with Crippen molar-refractivity contribution < 1.29 is 19.2 Å².